The van der Waals surface area contributed by atoms with E-state index in [1.54, 1.807) is 6.07 Å². The van der Waals surface area contributed by atoms with Crippen molar-refractivity contribution in [2.24, 2.45) is 5.73 Å². The lowest BCUT2D eigenvalue weighted by Crippen LogP contribution is -2.11. The molecule has 16 heavy (non-hydrogen) atoms. The molecule has 0 saturated heterocycles. The maximum atomic E-state index is 10.5. The van der Waals surface area contributed by atoms with Crippen molar-refractivity contribution in [3.63, 3.8) is 0 Å². The van der Waals surface area contributed by atoms with Crippen LogP contribution in [0.25, 0.3) is 0 Å². The lowest BCUT2D eigenvalue weighted by Gasteiger charge is -2.07. The largest absolute Gasteiger partial charge is 0.397 e. The Balaban J connectivity index is 2.29. The fraction of sp³-hybridized carbons (Fsp3) is 0.400. The predicted octanol–water partition coefficient (Wildman–Crippen LogP) is 1.38. The van der Waals surface area contributed by atoms with E-state index in [9.17, 15) is 4.79 Å². The van der Waals surface area contributed by atoms with E-state index in [0.29, 0.717) is 29.5 Å². The number of amides is 1. The first-order valence-electron chi connectivity index (χ1n) is 5.03. The third-order valence-corrected chi connectivity index (χ3v) is 2.29. The molecule has 0 atom stereocenters. The highest BCUT2D eigenvalue weighted by atomic mass is 35.5. The summed E-state index contributed by atoms with van der Waals surface area (Å²) in [4.78, 5) is 14.5. The molecule has 0 aliphatic heterocycles. The number of halogens is 1. The van der Waals surface area contributed by atoms with Gasteiger partial charge in [-0.05, 0) is 18.9 Å². The second kappa shape index (κ2) is 6.17. The van der Waals surface area contributed by atoms with Crippen LogP contribution in [0.4, 0.5) is 11.5 Å². The van der Waals surface area contributed by atoms with Crippen molar-refractivity contribution in [3.05, 3.63) is 17.3 Å². The van der Waals surface area contributed by atoms with Gasteiger partial charge >= 0.3 is 0 Å². The van der Waals surface area contributed by atoms with E-state index >= 15 is 0 Å². The van der Waals surface area contributed by atoms with Gasteiger partial charge in [0.2, 0.25) is 5.91 Å². The average molecular weight is 243 g/mol. The van der Waals surface area contributed by atoms with Crippen LogP contribution in [0.3, 0.4) is 0 Å². The minimum atomic E-state index is -0.274. The number of pyridine rings is 1. The summed E-state index contributed by atoms with van der Waals surface area (Å²) in [6.45, 7) is 0.698. The van der Waals surface area contributed by atoms with Gasteiger partial charge in [0.25, 0.3) is 0 Å². The minimum Gasteiger partial charge on any atom is -0.397 e. The highest BCUT2D eigenvalue weighted by molar-refractivity contribution is 6.33. The van der Waals surface area contributed by atoms with Crippen LogP contribution in [0.1, 0.15) is 19.3 Å². The third kappa shape index (κ3) is 4.35. The average Bonchev–Trinajstić information content (AvgIpc) is 2.20. The van der Waals surface area contributed by atoms with Gasteiger partial charge in [0, 0.05) is 13.0 Å². The fourth-order valence-corrected chi connectivity index (χ4v) is 1.46. The Bertz CT molecular complexity index is 370. The Morgan fingerprint density at radius 2 is 2.25 bits per heavy atom. The van der Waals surface area contributed by atoms with Gasteiger partial charge in [-0.3, -0.25) is 4.79 Å². The molecule has 0 fully saturated rings. The van der Waals surface area contributed by atoms with Crippen LogP contribution in [0.2, 0.25) is 5.02 Å². The molecule has 0 spiro atoms. The molecule has 88 valence electrons. The third-order valence-electron chi connectivity index (χ3n) is 2.00. The Labute approximate surface area is 99.2 Å². The van der Waals surface area contributed by atoms with Gasteiger partial charge in [-0.15, -0.1) is 0 Å². The van der Waals surface area contributed by atoms with Crippen molar-refractivity contribution in [2.45, 2.75) is 19.3 Å². The van der Waals surface area contributed by atoms with Crippen molar-refractivity contribution < 1.29 is 4.79 Å². The summed E-state index contributed by atoms with van der Waals surface area (Å²) in [5.41, 5.74) is 11.1. The zero-order valence-corrected chi connectivity index (χ0v) is 9.63. The highest BCUT2D eigenvalue weighted by Gasteiger charge is 2.01. The maximum Gasteiger partial charge on any atom is 0.217 e. The Hall–Kier alpha value is -1.49. The summed E-state index contributed by atoms with van der Waals surface area (Å²) in [5, 5.41) is 3.56. The van der Waals surface area contributed by atoms with Crippen LogP contribution in [-0.4, -0.2) is 17.4 Å². The first kappa shape index (κ1) is 12.6. The fourth-order valence-electron chi connectivity index (χ4n) is 1.21. The first-order valence-corrected chi connectivity index (χ1v) is 5.40. The molecule has 1 aromatic heterocycles. The molecule has 6 heteroatoms. The van der Waals surface area contributed by atoms with Gasteiger partial charge in [0.1, 0.15) is 5.82 Å². The number of anilines is 2. The second-order valence-electron chi connectivity index (χ2n) is 3.45. The lowest BCUT2D eigenvalue weighted by atomic mass is 10.2. The Morgan fingerprint density at radius 3 is 2.88 bits per heavy atom. The smallest absolute Gasteiger partial charge is 0.217 e. The summed E-state index contributed by atoms with van der Waals surface area (Å²) in [6, 6.07) is 1.64. The zero-order chi connectivity index (χ0) is 12.0. The van der Waals surface area contributed by atoms with Crippen LogP contribution >= 0.6 is 11.6 Å². The molecule has 5 nitrogen and oxygen atoms in total. The molecule has 0 saturated carbocycles. The van der Waals surface area contributed by atoms with E-state index in [-0.39, 0.29) is 5.91 Å². The number of carbonyl (C=O) groups excluding carboxylic acids is 1. The molecule has 0 aliphatic carbocycles. The first-order chi connectivity index (χ1) is 7.59. The number of nitrogen functional groups attached to an aromatic ring is 1. The molecule has 0 aliphatic rings. The minimum absolute atomic E-state index is 0.274. The van der Waals surface area contributed by atoms with Crippen LogP contribution < -0.4 is 16.8 Å². The topological polar surface area (TPSA) is 94.0 Å². The number of nitrogens with zero attached hydrogens (tertiary/aromatic N) is 1. The van der Waals surface area contributed by atoms with E-state index in [1.807, 2.05) is 0 Å². The lowest BCUT2D eigenvalue weighted by molar-refractivity contribution is -0.118. The molecule has 0 radical (unpaired) electrons. The quantitative estimate of drug-likeness (QED) is 0.657. The van der Waals surface area contributed by atoms with E-state index in [4.69, 9.17) is 23.1 Å². The number of hydrogen-bond acceptors (Lipinski definition) is 4. The Morgan fingerprint density at radius 1 is 1.50 bits per heavy atom. The maximum absolute atomic E-state index is 10.5. The number of rotatable bonds is 6. The molecule has 1 aromatic rings. The van der Waals surface area contributed by atoms with Crippen LogP contribution in [0.5, 0.6) is 0 Å². The van der Waals surface area contributed by atoms with E-state index in [0.717, 1.165) is 12.8 Å². The van der Waals surface area contributed by atoms with Crippen LogP contribution in [0.15, 0.2) is 12.3 Å². The molecular formula is C10H15ClN4O. The van der Waals surface area contributed by atoms with Crippen molar-refractivity contribution in [2.75, 3.05) is 17.6 Å². The molecular weight excluding hydrogens is 228 g/mol. The van der Waals surface area contributed by atoms with Gasteiger partial charge in [-0.1, -0.05) is 11.6 Å². The standard InChI is InChI=1S/C10H15ClN4O/c11-8-5-7(12)6-15-10(8)14-4-2-1-3-9(13)16/h5-6H,1-4,12H2,(H2,13,16)(H,14,15). The SMILES string of the molecule is NC(=O)CCCCNc1ncc(N)cc1Cl. The number of hydrogen-bond donors (Lipinski definition) is 3. The molecule has 0 unspecified atom stereocenters. The summed E-state index contributed by atoms with van der Waals surface area (Å²) < 4.78 is 0. The molecule has 0 aromatic carbocycles. The monoisotopic (exact) mass is 242 g/mol. The van der Waals surface area contributed by atoms with Crippen molar-refractivity contribution in [1.82, 2.24) is 4.98 Å². The predicted molar refractivity (Wildman–Crippen MR) is 65.2 cm³/mol. The van der Waals surface area contributed by atoms with E-state index in [2.05, 4.69) is 10.3 Å². The molecule has 1 amide bonds. The van der Waals surface area contributed by atoms with Crippen molar-refractivity contribution >= 4 is 29.0 Å². The number of aromatic nitrogens is 1. The summed E-state index contributed by atoms with van der Waals surface area (Å²) in [7, 11) is 0. The summed E-state index contributed by atoms with van der Waals surface area (Å²) in [5.74, 6) is 0.332. The van der Waals surface area contributed by atoms with Gasteiger partial charge in [-0.25, -0.2) is 4.98 Å². The molecule has 0 bridgehead atoms. The van der Waals surface area contributed by atoms with E-state index in [1.165, 1.54) is 6.20 Å². The van der Waals surface area contributed by atoms with Crippen LogP contribution in [-0.2, 0) is 4.79 Å². The molecule has 5 N–H and O–H groups in total. The van der Waals surface area contributed by atoms with Gasteiger partial charge < -0.3 is 16.8 Å². The van der Waals surface area contributed by atoms with Gasteiger partial charge in [-0.2, -0.15) is 0 Å². The Kier molecular flexibility index (Phi) is 4.85. The van der Waals surface area contributed by atoms with Crippen LogP contribution in [0, 0.1) is 0 Å². The van der Waals surface area contributed by atoms with Crippen molar-refractivity contribution in [3.8, 4) is 0 Å². The number of carbonyl (C=O) groups is 1. The van der Waals surface area contributed by atoms with E-state index < -0.39 is 0 Å². The number of nitrogens with one attached hydrogen (secondary N) is 1. The van der Waals surface area contributed by atoms with Gasteiger partial charge in [0.15, 0.2) is 0 Å². The zero-order valence-electron chi connectivity index (χ0n) is 8.87. The van der Waals surface area contributed by atoms with Gasteiger partial charge in [0.05, 0.1) is 16.9 Å². The summed E-state index contributed by atoms with van der Waals surface area (Å²) >= 11 is 5.91. The molecule has 1 heterocycles. The number of nitrogens with two attached hydrogens (primary N) is 2. The molecule has 1 rings (SSSR count). The van der Waals surface area contributed by atoms with Crippen molar-refractivity contribution in [1.29, 1.82) is 0 Å². The summed E-state index contributed by atoms with van der Waals surface area (Å²) in [6.07, 6.45) is 3.54. The number of unbranched alkanes of at least 4 members (excludes halogenated alkanes) is 1. The normalized spacial score (nSPS) is 10.1. The second-order valence-corrected chi connectivity index (χ2v) is 3.86. The highest BCUT2D eigenvalue weighted by Crippen LogP contribution is 2.20. The number of primary amides is 1.